The van der Waals surface area contributed by atoms with Crippen LogP contribution < -0.4 is 5.32 Å². The molecule has 0 spiro atoms. The van der Waals surface area contributed by atoms with E-state index < -0.39 is 11.7 Å². The number of nitrogens with one attached hydrogen (secondary N) is 1. The van der Waals surface area contributed by atoms with Gasteiger partial charge >= 0.3 is 6.18 Å². The number of aromatic nitrogens is 1. The van der Waals surface area contributed by atoms with Gasteiger partial charge in [-0.25, -0.2) is 0 Å². The number of hydrogen-bond donors (Lipinski definition) is 1. The molecule has 16 heavy (non-hydrogen) atoms. The number of alkyl halides is 3. The fourth-order valence-corrected chi connectivity index (χ4v) is 1.92. The molecule has 0 aromatic carbocycles. The first kappa shape index (κ1) is 11.9. The lowest BCUT2D eigenvalue weighted by Crippen LogP contribution is -2.44. The molecule has 1 N–H and O–H groups in total. The van der Waals surface area contributed by atoms with E-state index in [1.165, 1.54) is 0 Å². The molecule has 2 nitrogen and oxygen atoms in total. The van der Waals surface area contributed by atoms with Crippen LogP contribution in [0.4, 0.5) is 13.2 Å². The molecule has 0 radical (unpaired) electrons. The largest absolute Gasteiger partial charge is 0.406 e. The summed E-state index contributed by atoms with van der Waals surface area (Å²) in [7, 11) is 0. The standard InChI is InChI=1S/C10H10BrF3N2/c11-8-3-7(4-15-6-8)5-16-9(1-2-9)10(12,13)14/h3-4,6,16H,1-2,5H2. The van der Waals surface area contributed by atoms with Gasteiger partial charge in [0.1, 0.15) is 5.54 Å². The van der Waals surface area contributed by atoms with Gasteiger partial charge < -0.3 is 0 Å². The maximum absolute atomic E-state index is 12.6. The molecular formula is C10H10BrF3N2. The summed E-state index contributed by atoms with van der Waals surface area (Å²) in [5.41, 5.74) is -0.917. The van der Waals surface area contributed by atoms with Crippen LogP contribution in [-0.2, 0) is 6.54 Å². The van der Waals surface area contributed by atoms with Crippen LogP contribution in [0.5, 0.6) is 0 Å². The molecule has 1 saturated carbocycles. The van der Waals surface area contributed by atoms with E-state index in [0.29, 0.717) is 0 Å². The molecule has 6 heteroatoms. The van der Waals surface area contributed by atoms with Crippen molar-refractivity contribution < 1.29 is 13.2 Å². The summed E-state index contributed by atoms with van der Waals surface area (Å²) in [4.78, 5) is 3.90. The van der Waals surface area contributed by atoms with Crippen LogP contribution in [0.1, 0.15) is 18.4 Å². The average Bonchev–Trinajstić information content (AvgIpc) is 2.94. The van der Waals surface area contributed by atoms with Crippen molar-refractivity contribution in [1.82, 2.24) is 10.3 Å². The zero-order valence-electron chi connectivity index (χ0n) is 8.31. The van der Waals surface area contributed by atoms with Crippen LogP contribution in [0.3, 0.4) is 0 Å². The van der Waals surface area contributed by atoms with Gasteiger partial charge in [-0.2, -0.15) is 13.2 Å². The smallest absolute Gasteiger partial charge is 0.299 e. The maximum atomic E-state index is 12.6. The summed E-state index contributed by atoms with van der Waals surface area (Å²) in [5, 5.41) is 2.57. The maximum Gasteiger partial charge on any atom is 0.406 e. The predicted octanol–water partition coefficient (Wildman–Crippen LogP) is 3.03. The third-order valence-corrected chi connectivity index (χ3v) is 3.12. The topological polar surface area (TPSA) is 24.9 Å². The van der Waals surface area contributed by atoms with E-state index in [4.69, 9.17) is 0 Å². The van der Waals surface area contributed by atoms with Crippen molar-refractivity contribution in [1.29, 1.82) is 0 Å². The molecule has 88 valence electrons. The van der Waals surface area contributed by atoms with E-state index in [2.05, 4.69) is 26.2 Å². The highest BCUT2D eigenvalue weighted by molar-refractivity contribution is 9.10. The monoisotopic (exact) mass is 294 g/mol. The first-order valence-corrected chi connectivity index (χ1v) is 5.63. The molecule has 0 aliphatic heterocycles. The summed E-state index contributed by atoms with van der Waals surface area (Å²) in [6, 6.07) is 1.76. The molecule has 0 saturated heterocycles. The van der Waals surface area contributed by atoms with E-state index in [1.54, 1.807) is 18.5 Å². The molecule has 1 fully saturated rings. The van der Waals surface area contributed by atoms with E-state index in [9.17, 15) is 13.2 Å². The molecule has 0 bridgehead atoms. The zero-order valence-corrected chi connectivity index (χ0v) is 9.90. The molecule has 0 atom stereocenters. The van der Waals surface area contributed by atoms with Gasteiger partial charge in [-0.15, -0.1) is 0 Å². The Morgan fingerprint density at radius 3 is 2.56 bits per heavy atom. The highest BCUT2D eigenvalue weighted by atomic mass is 79.9. The molecule has 1 aromatic rings. The zero-order chi connectivity index (χ0) is 11.8. The van der Waals surface area contributed by atoms with Gasteiger partial charge in [0.2, 0.25) is 0 Å². The summed E-state index contributed by atoms with van der Waals surface area (Å²) in [6.07, 6.45) is -0.674. The number of pyridine rings is 1. The Hall–Kier alpha value is -0.620. The molecule has 1 heterocycles. The molecule has 0 amide bonds. The number of hydrogen-bond acceptors (Lipinski definition) is 2. The van der Waals surface area contributed by atoms with Crippen molar-refractivity contribution in [2.24, 2.45) is 0 Å². The Balaban J connectivity index is 1.98. The molecular weight excluding hydrogens is 285 g/mol. The fourth-order valence-electron chi connectivity index (χ4n) is 1.51. The molecule has 1 aliphatic carbocycles. The average molecular weight is 295 g/mol. The minimum Gasteiger partial charge on any atom is -0.299 e. The van der Waals surface area contributed by atoms with Crippen molar-refractivity contribution in [3.8, 4) is 0 Å². The highest BCUT2D eigenvalue weighted by Gasteiger charge is 2.62. The minimum absolute atomic E-state index is 0.165. The molecule has 1 aliphatic rings. The fraction of sp³-hybridized carbons (Fsp3) is 0.500. The van der Waals surface area contributed by atoms with E-state index in [0.717, 1.165) is 10.0 Å². The second kappa shape index (κ2) is 4.00. The summed E-state index contributed by atoms with van der Waals surface area (Å²) in [5.74, 6) is 0. The Labute approximate surface area is 99.4 Å². The third-order valence-electron chi connectivity index (χ3n) is 2.69. The Kier molecular flexibility index (Phi) is 2.96. The first-order valence-electron chi connectivity index (χ1n) is 4.84. The second-order valence-corrected chi connectivity index (χ2v) is 4.86. The van der Waals surface area contributed by atoms with Crippen molar-refractivity contribution >= 4 is 15.9 Å². The number of nitrogens with zero attached hydrogens (tertiary/aromatic N) is 1. The molecule has 2 rings (SSSR count). The number of halogens is 4. The van der Waals surface area contributed by atoms with Gasteiger partial charge in [-0.3, -0.25) is 10.3 Å². The SMILES string of the molecule is FC(F)(F)C1(NCc2cncc(Br)c2)CC1. The van der Waals surface area contributed by atoms with Crippen molar-refractivity contribution in [2.75, 3.05) is 0 Å². The normalized spacial score (nSPS) is 18.5. The molecule has 0 unspecified atom stereocenters. The highest BCUT2D eigenvalue weighted by Crippen LogP contribution is 2.49. The van der Waals surface area contributed by atoms with Crippen molar-refractivity contribution in [3.63, 3.8) is 0 Å². The Morgan fingerprint density at radius 1 is 1.38 bits per heavy atom. The summed E-state index contributed by atoms with van der Waals surface area (Å²) in [6.45, 7) is 0.186. The van der Waals surface area contributed by atoms with E-state index in [1.807, 2.05) is 0 Å². The minimum atomic E-state index is -4.16. The second-order valence-electron chi connectivity index (χ2n) is 3.94. The lowest BCUT2D eigenvalue weighted by Gasteiger charge is -2.20. The van der Waals surface area contributed by atoms with Gasteiger partial charge in [0.25, 0.3) is 0 Å². The van der Waals surface area contributed by atoms with Crippen LogP contribution in [0.2, 0.25) is 0 Å². The Bertz CT molecular complexity index is 388. The predicted molar refractivity (Wildman–Crippen MR) is 56.8 cm³/mol. The van der Waals surface area contributed by atoms with Gasteiger partial charge in [-0.05, 0) is 40.4 Å². The Morgan fingerprint density at radius 2 is 2.06 bits per heavy atom. The van der Waals surface area contributed by atoms with E-state index in [-0.39, 0.29) is 19.4 Å². The van der Waals surface area contributed by atoms with Crippen LogP contribution in [0.15, 0.2) is 22.9 Å². The van der Waals surface area contributed by atoms with Gasteiger partial charge in [-0.1, -0.05) is 0 Å². The first-order chi connectivity index (χ1) is 7.43. The molecule has 1 aromatic heterocycles. The summed E-state index contributed by atoms with van der Waals surface area (Å²) < 4.78 is 38.5. The number of rotatable bonds is 3. The third kappa shape index (κ3) is 2.38. The van der Waals surface area contributed by atoms with Crippen LogP contribution >= 0.6 is 15.9 Å². The van der Waals surface area contributed by atoms with Gasteiger partial charge in [0, 0.05) is 23.4 Å². The lowest BCUT2D eigenvalue weighted by molar-refractivity contribution is -0.166. The van der Waals surface area contributed by atoms with E-state index >= 15 is 0 Å². The van der Waals surface area contributed by atoms with Crippen LogP contribution in [0.25, 0.3) is 0 Å². The van der Waals surface area contributed by atoms with Gasteiger partial charge in [0.15, 0.2) is 0 Å². The van der Waals surface area contributed by atoms with Crippen LogP contribution in [-0.4, -0.2) is 16.7 Å². The van der Waals surface area contributed by atoms with Crippen LogP contribution in [0, 0.1) is 0 Å². The summed E-state index contributed by atoms with van der Waals surface area (Å²) >= 11 is 3.23. The quantitative estimate of drug-likeness (QED) is 0.927. The van der Waals surface area contributed by atoms with Crippen molar-refractivity contribution in [2.45, 2.75) is 31.1 Å². The lowest BCUT2D eigenvalue weighted by atomic mass is 10.2. The van der Waals surface area contributed by atoms with Gasteiger partial charge in [0.05, 0.1) is 0 Å². The van der Waals surface area contributed by atoms with Crippen molar-refractivity contribution in [3.05, 3.63) is 28.5 Å².